The van der Waals surface area contributed by atoms with Crippen LogP contribution in [0.1, 0.15) is 20.1 Å². The van der Waals surface area contributed by atoms with Crippen LogP contribution in [0.2, 0.25) is 0 Å². The van der Waals surface area contributed by atoms with Gasteiger partial charge in [-0.1, -0.05) is 0 Å². The third-order valence-electron chi connectivity index (χ3n) is 3.36. The lowest BCUT2D eigenvalue weighted by atomic mass is 10.1. The minimum Gasteiger partial charge on any atom is -0.463 e. The Morgan fingerprint density at radius 3 is 2.82 bits per heavy atom. The number of carbonyl (C=O) groups is 2. The van der Waals surface area contributed by atoms with Gasteiger partial charge >= 0.3 is 17.9 Å². The van der Waals surface area contributed by atoms with Gasteiger partial charge in [0.1, 0.15) is 12.7 Å². The Morgan fingerprint density at radius 1 is 1.36 bits per heavy atom. The van der Waals surface area contributed by atoms with E-state index >= 15 is 0 Å². The van der Waals surface area contributed by atoms with E-state index in [1.165, 1.54) is 30.7 Å². The highest BCUT2D eigenvalue weighted by Gasteiger charge is 2.54. The predicted octanol–water partition coefficient (Wildman–Crippen LogP) is -0.604. The lowest BCUT2D eigenvalue weighted by Gasteiger charge is -2.20. The Balaban J connectivity index is 1.84. The van der Waals surface area contributed by atoms with Crippen molar-refractivity contribution < 1.29 is 28.5 Å². The predicted molar refractivity (Wildman–Crippen MR) is 69.0 cm³/mol. The van der Waals surface area contributed by atoms with Gasteiger partial charge in [-0.05, 0) is 0 Å². The molecule has 0 bridgehead atoms. The Labute approximate surface area is 124 Å². The lowest BCUT2D eigenvalue weighted by Crippen LogP contribution is -2.39. The van der Waals surface area contributed by atoms with Gasteiger partial charge in [-0.3, -0.25) is 19.0 Å². The molecular weight excluding hydrogens is 296 g/mol. The van der Waals surface area contributed by atoms with Crippen molar-refractivity contribution in [3.8, 4) is 6.01 Å². The maximum Gasteiger partial charge on any atom is 0.303 e. The molecule has 0 saturated carbocycles. The van der Waals surface area contributed by atoms with Crippen molar-refractivity contribution in [1.29, 1.82) is 0 Å². The first-order valence-electron chi connectivity index (χ1n) is 6.67. The molecule has 2 aliphatic heterocycles. The van der Waals surface area contributed by atoms with Crippen LogP contribution in [-0.2, 0) is 23.8 Å². The van der Waals surface area contributed by atoms with Crippen molar-refractivity contribution in [2.75, 3.05) is 6.61 Å². The lowest BCUT2D eigenvalue weighted by molar-refractivity contribution is -0.157. The number of hydrogen-bond acceptors (Lipinski definition) is 8. The fraction of sp³-hybridized carbons (Fsp3) is 0.538. The highest BCUT2D eigenvalue weighted by atomic mass is 16.7. The molecule has 1 fully saturated rings. The van der Waals surface area contributed by atoms with Gasteiger partial charge in [0.2, 0.25) is 0 Å². The van der Waals surface area contributed by atoms with Crippen LogP contribution >= 0.6 is 0 Å². The number of nitrogens with zero attached hydrogens (tertiary/aromatic N) is 2. The van der Waals surface area contributed by atoms with E-state index in [4.69, 9.17) is 18.9 Å². The number of rotatable bonds is 3. The molecule has 9 heteroatoms. The first kappa shape index (κ1) is 14.5. The highest BCUT2D eigenvalue weighted by Crippen LogP contribution is 2.40. The van der Waals surface area contributed by atoms with E-state index in [-0.39, 0.29) is 12.6 Å². The summed E-state index contributed by atoms with van der Waals surface area (Å²) in [6.07, 6.45) is -1.19. The van der Waals surface area contributed by atoms with Gasteiger partial charge in [-0.2, -0.15) is 4.98 Å². The van der Waals surface area contributed by atoms with Gasteiger partial charge in [-0.25, -0.2) is 0 Å². The molecule has 0 unspecified atom stereocenters. The third kappa shape index (κ3) is 2.54. The van der Waals surface area contributed by atoms with Gasteiger partial charge in [0, 0.05) is 26.1 Å². The summed E-state index contributed by atoms with van der Waals surface area (Å²) in [6.45, 7) is 2.48. The average Bonchev–Trinajstić information content (AvgIpc) is 2.92. The number of ether oxygens (including phenoxy) is 4. The van der Waals surface area contributed by atoms with Gasteiger partial charge in [0.05, 0.1) is 0 Å². The van der Waals surface area contributed by atoms with Crippen molar-refractivity contribution in [3.63, 3.8) is 0 Å². The van der Waals surface area contributed by atoms with Crippen molar-refractivity contribution >= 4 is 11.9 Å². The molecule has 0 radical (unpaired) electrons. The Hall–Kier alpha value is -2.42. The smallest absolute Gasteiger partial charge is 0.303 e. The molecule has 9 nitrogen and oxygen atoms in total. The van der Waals surface area contributed by atoms with E-state index in [0.717, 1.165) is 0 Å². The fourth-order valence-corrected chi connectivity index (χ4v) is 2.52. The number of esters is 2. The summed E-state index contributed by atoms with van der Waals surface area (Å²) in [4.78, 5) is 37.2. The highest BCUT2D eigenvalue weighted by molar-refractivity contribution is 5.66. The van der Waals surface area contributed by atoms with E-state index in [1.807, 2.05) is 0 Å². The SMILES string of the molecule is CC(=O)OC[C@@H]1O[C@@H]2[C@@H](Oc3nc(=O)ccn32)[C@@H]1OC(C)=O. The molecule has 4 atom stereocenters. The average molecular weight is 310 g/mol. The molecule has 0 aliphatic carbocycles. The van der Waals surface area contributed by atoms with Gasteiger partial charge in [0.15, 0.2) is 18.4 Å². The molecule has 1 aromatic rings. The number of aromatic nitrogens is 2. The molecule has 3 rings (SSSR count). The van der Waals surface area contributed by atoms with Crippen molar-refractivity contribution in [1.82, 2.24) is 9.55 Å². The Kier molecular flexibility index (Phi) is 3.57. The minimum atomic E-state index is -0.765. The minimum absolute atomic E-state index is 0.0629. The Morgan fingerprint density at radius 2 is 2.14 bits per heavy atom. The molecule has 2 aliphatic rings. The van der Waals surface area contributed by atoms with Crippen molar-refractivity contribution in [2.24, 2.45) is 0 Å². The van der Waals surface area contributed by atoms with Crippen LogP contribution in [0.15, 0.2) is 17.1 Å². The second-order valence-corrected chi connectivity index (χ2v) is 4.98. The second kappa shape index (κ2) is 5.41. The normalized spacial score (nSPS) is 28.5. The standard InChI is InChI=1S/C13H14N2O7/c1-6(16)19-5-8-10(20-7(2)17)11-12(21-8)15-4-3-9(18)14-13(15)22-11/h3-4,8,10-12H,5H2,1-2H3/t8-,10+,11-,12+/m0/s1. The zero-order valence-electron chi connectivity index (χ0n) is 11.9. The molecule has 0 spiro atoms. The summed E-state index contributed by atoms with van der Waals surface area (Å²) in [5, 5.41) is 0. The maximum atomic E-state index is 11.3. The van der Waals surface area contributed by atoms with E-state index in [2.05, 4.69) is 4.98 Å². The molecule has 22 heavy (non-hydrogen) atoms. The van der Waals surface area contributed by atoms with Crippen LogP contribution in [0.4, 0.5) is 0 Å². The number of fused-ring (bicyclic) bond motifs is 3. The number of carbonyl (C=O) groups excluding carboxylic acids is 2. The van der Waals surface area contributed by atoms with Crippen LogP contribution in [0.3, 0.4) is 0 Å². The fourth-order valence-electron chi connectivity index (χ4n) is 2.52. The molecule has 0 aromatic carbocycles. The van der Waals surface area contributed by atoms with Crippen LogP contribution in [-0.4, -0.2) is 46.4 Å². The molecule has 1 saturated heterocycles. The largest absolute Gasteiger partial charge is 0.463 e. The van der Waals surface area contributed by atoms with Crippen LogP contribution in [0.5, 0.6) is 6.01 Å². The topological polar surface area (TPSA) is 106 Å². The molecule has 0 amide bonds. The van der Waals surface area contributed by atoms with Crippen LogP contribution in [0.25, 0.3) is 0 Å². The number of hydrogen-bond donors (Lipinski definition) is 0. The summed E-state index contributed by atoms with van der Waals surface area (Å²) >= 11 is 0. The summed E-state index contributed by atoms with van der Waals surface area (Å²) in [5.41, 5.74) is -0.438. The van der Waals surface area contributed by atoms with Crippen molar-refractivity contribution in [2.45, 2.75) is 38.4 Å². The molecule has 0 N–H and O–H groups in total. The van der Waals surface area contributed by atoms with Gasteiger partial charge < -0.3 is 18.9 Å². The maximum absolute atomic E-state index is 11.3. The third-order valence-corrected chi connectivity index (χ3v) is 3.36. The molecule has 1 aromatic heterocycles. The zero-order chi connectivity index (χ0) is 15.9. The van der Waals surface area contributed by atoms with E-state index in [9.17, 15) is 14.4 Å². The molecular formula is C13H14N2O7. The van der Waals surface area contributed by atoms with E-state index < -0.39 is 42.0 Å². The summed E-state index contributed by atoms with van der Waals surface area (Å²) in [6, 6.07) is 1.38. The first-order valence-corrected chi connectivity index (χ1v) is 6.67. The first-order chi connectivity index (χ1) is 10.5. The summed E-state index contributed by atoms with van der Waals surface area (Å²) in [7, 11) is 0. The summed E-state index contributed by atoms with van der Waals surface area (Å²) < 4.78 is 23.0. The van der Waals surface area contributed by atoms with Gasteiger partial charge in [-0.15, -0.1) is 0 Å². The monoisotopic (exact) mass is 310 g/mol. The molecule has 3 heterocycles. The molecule has 118 valence electrons. The zero-order valence-corrected chi connectivity index (χ0v) is 11.9. The van der Waals surface area contributed by atoms with Crippen LogP contribution in [0, 0.1) is 0 Å². The van der Waals surface area contributed by atoms with E-state index in [1.54, 1.807) is 0 Å². The van der Waals surface area contributed by atoms with Gasteiger partial charge in [0.25, 0.3) is 5.56 Å². The summed E-state index contributed by atoms with van der Waals surface area (Å²) in [5.74, 6) is -0.974. The quantitative estimate of drug-likeness (QED) is 0.681. The van der Waals surface area contributed by atoms with Crippen molar-refractivity contribution in [3.05, 3.63) is 22.6 Å². The Bertz CT molecular complexity index is 671. The second-order valence-electron chi connectivity index (χ2n) is 4.98. The van der Waals surface area contributed by atoms with Crippen LogP contribution < -0.4 is 10.3 Å². The van der Waals surface area contributed by atoms with E-state index in [0.29, 0.717) is 0 Å².